The van der Waals surface area contributed by atoms with Gasteiger partial charge in [-0.25, -0.2) is 0 Å². The third-order valence-corrected chi connectivity index (χ3v) is 1.69. The number of halogens is 1. The summed E-state index contributed by atoms with van der Waals surface area (Å²) in [5.41, 5.74) is 5.65. The lowest BCUT2D eigenvalue weighted by atomic mass is 10.3. The highest BCUT2D eigenvalue weighted by molar-refractivity contribution is 9.10. The van der Waals surface area contributed by atoms with Crippen molar-refractivity contribution >= 4 is 27.3 Å². The van der Waals surface area contributed by atoms with Crippen LogP contribution in [0, 0.1) is 5.21 Å². The van der Waals surface area contributed by atoms with Crippen LogP contribution in [0.25, 0.3) is 0 Å². The van der Waals surface area contributed by atoms with Crippen molar-refractivity contribution in [2.45, 2.75) is 0 Å². The summed E-state index contributed by atoms with van der Waals surface area (Å²) in [6, 6.07) is 4.64. The summed E-state index contributed by atoms with van der Waals surface area (Å²) in [7, 11) is 0. The lowest BCUT2D eigenvalue weighted by Crippen LogP contribution is -2.09. The van der Waals surface area contributed by atoms with E-state index < -0.39 is 0 Å². The molecule has 0 amide bonds. The first-order valence-corrected chi connectivity index (χ1v) is 3.61. The maximum absolute atomic E-state index is 10.4. The van der Waals surface area contributed by atoms with Gasteiger partial charge in [-0.1, -0.05) is 15.9 Å². The largest absolute Gasteiger partial charge is 0.733 e. The molecule has 0 aliphatic carbocycles. The van der Waals surface area contributed by atoms with Gasteiger partial charge in [-0.05, 0) is 18.2 Å². The van der Waals surface area contributed by atoms with E-state index in [1.165, 1.54) is 12.1 Å². The minimum atomic E-state index is -0.264. The molecule has 0 bridgehead atoms. The summed E-state index contributed by atoms with van der Waals surface area (Å²) in [5.74, 6) is 0. The first-order valence-electron chi connectivity index (χ1n) is 2.82. The predicted molar refractivity (Wildman–Crippen MR) is 46.2 cm³/mol. The molecule has 1 rings (SSSR count). The molecule has 11 heavy (non-hydrogen) atoms. The molecule has 0 atom stereocenters. The van der Waals surface area contributed by atoms with Gasteiger partial charge in [0, 0.05) is 4.47 Å². The summed E-state index contributed by atoms with van der Waals surface area (Å²) in [6.45, 7) is 0. The van der Waals surface area contributed by atoms with Crippen molar-refractivity contribution in [3.63, 3.8) is 0 Å². The number of hydrogen-bond acceptors (Lipinski definition) is 4. The molecule has 0 fully saturated rings. The molecule has 0 aromatic heterocycles. The highest BCUT2D eigenvalue weighted by atomic mass is 79.9. The maximum Gasteiger partial charge on any atom is 0.0750 e. The van der Waals surface area contributed by atoms with Gasteiger partial charge >= 0.3 is 0 Å². The van der Waals surface area contributed by atoms with Crippen LogP contribution in [0.5, 0.6) is 0 Å². The van der Waals surface area contributed by atoms with Crippen molar-refractivity contribution in [3.05, 3.63) is 27.9 Å². The summed E-state index contributed by atoms with van der Waals surface area (Å²) in [4.78, 5) is 0. The van der Waals surface area contributed by atoms with Gasteiger partial charge in [0.25, 0.3) is 0 Å². The Morgan fingerprint density at radius 1 is 1.55 bits per heavy atom. The van der Waals surface area contributed by atoms with E-state index in [0.29, 0.717) is 4.47 Å². The van der Waals surface area contributed by atoms with Gasteiger partial charge in [-0.3, -0.25) is 5.21 Å². The molecular weight excluding hydrogens is 212 g/mol. The molecule has 0 spiro atoms. The summed E-state index contributed by atoms with van der Waals surface area (Å²) >= 11 is 3.13. The SMILES string of the molecule is Nc1ccc(Br)cc1N([O-])O. The predicted octanol–water partition coefficient (Wildman–Crippen LogP) is 1.72. The smallest absolute Gasteiger partial charge is 0.0750 e. The van der Waals surface area contributed by atoms with E-state index in [9.17, 15) is 5.21 Å². The van der Waals surface area contributed by atoms with Gasteiger partial charge in [-0.2, -0.15) is 0 Å². The Bertz CT molecular complexity index is 265. The van der Waals surface area contributed by atoms with Crippen molar-refractivity contribution in [3.8, 4) is 0 Å². The Morgan fingerprint density at radius 3 is 2.64 bits per heavy atom. The van der Waals surface area contributed by atoms with E-state index in [-0.39, 0.29) is 16.6 Å². The zero-order chi connectivity index (χ0) is 8.43. The topological polar surface area (TPSA) is 72.5 Å². The van der Waals surface area contributed by atoms with Crippen LogP contribution in [0.1, 0.15) is 0 Å². The van der Waals surface area contributed by atoms with Crippen molar-refractivity contribution in [2.75, 3.05) is 11.0 Å². The summed E-state index contributed by atoms with van der Waals surface area (Å²) in [5, 5.41) is 18.6. The molecule has 4 nitrogen and oxygen atoms in total. The van der Waals surface area contributed by atoms with Crippen LogP contribution < -0.4 is 11.0 Å². The van der Waals surface area contributed by atoms with Crippen LogP contribution >= 0.6 is 15.9 Å². The number of anilines is 2. The molecular formula is C6H6BrN2O2-. The van der Waals surface area contributed by atoms with Crippen molar-refractivity contribution in [1.82, 2.24) is 0 Å². The molecule has 1 aromatic carbocycles. The Labute approximate surface area is 71.9 Å². The molecule has 1 aromatic rings. The van der Waals surface area contributed by atoms with Crippen molar-refractivity contribution in [1.29, 1.82) is 0 Å². The number of rotatable bonds is 1. The molecule has 0 saturated heterocycles. The van der Waals surface area contributed by atoms with Crippen molar-refractivity contribution in [2.24, 2.45) is 0 Å². The van der Waals surface area contributed by atoms with Gasteiger partial charge in [-0.15, -0.1) is 0 Å². The van der Waals surface area contributed by atoms with Crippen LogP contribution in [0.15, 0.2) is 22.7 Å². The minimum Gasteiger partial charge on any atom is -0.733 e. The highest BCUT2D eigenvalue weighted by Gasteiger charge is 1.98. The van der Waals surface area contributed by atoms with E-state index >= 15 is 0 Å². The van der Waals surface area contributed by atoms with Gasteiger partial charge in [0.1, 0.15) is 0 Å². The third-order valence-electron chi connectivity index (χ3n) is 1.20. The lowest BCUT2D eigenvalue weighted by Gasteiger charge is -2.23. The minimum absolute atomic E-state index is 0.0411. The number of nitrogens with two attached hydrogens (primary N) is 1. The Hall–Kier alpha value is -0.780. The molecule has 60 valence electrons. The number of nitrogens with zero attached hydrogens (tertiary/aromatic N) is 1. The molecule has 0 unspecified atom stereocenters. The Balaban J connectivity index is 3.13. The Morgan fingerprint density at radius 2 is 2.18 bits per heavy atom. The fraction of sp³-hybridized carbons (Fsp3) is 0. The quantitative estimate of drug-likeness (QED) is 0.556. The van der Waals surface area contributed by atoms with Crippen LogP contribution in [0.4, 0.5) is 11.4 Å². The average Bonchev–Trinajstić information content (AvgIpc) is 1.94. The highest BCUT2D eigenvalue weighted by Crippen LogP contribution is 2.25. The van der Waals surface area contributed by atoms with Gasteiger partial charge in [0.2, 0.25) is 0 Å². The van der Waals surface area contributed by atoms with E-state index in [1.807, 2.05) is 0 Å². The van der Waals surface area contributed by atoms with E-state index in [0.717, 1.165) is 0 Å². The van der Waals surface area contributed by atoms with Gasteiger partial charge in [0.15, 0.2) is 0 Å². The van der Waals surface area contributed by atoms with Crippen LogP contribution in [0.2, 0.25) is 0 Å². The first kappa shape index (κ1) is 8.32. The van der Waals surface area contributed by atoms with Crippen LogP contribution in [-0.4, -0.2) is 5.21 Å². The number of hydrogen-bond donors (Lipinski definition) is 2. The van der Waals surface area contributed by atoms with E-state index in [1.54, 1.807) is 6.07 Å². The molecule has 0 aliphatic rings. The fourth-order valence-corrected chi connectivity index (χ4v) is 1.03. The second-order valence-electron chi connectivity index (χ2n) is 1.98. The monoisotopic (exact) mass is 217 g/mol. The number of nitrogen functional groups attached to an aromatic ring is 1. The zero-order valence-electron chi connectivity index (χ0n) is 5.49. The van der Waals surface area contributed by atoms with Crippen LogP contribution in [-0.2, 0) is 0 Å². The Kier molecular flexibility index (Phi) is 2.33. The molecule has 5 heteroatoms. The fourth-order valence-electron chi connectivity index (χ4n) is 0.682. The second kappa shape index (κ2) is 3.08. The lowest BCUT2D eigenvalue weighted by molar-refractivity contribution is 0.297. The van der Waals surface area contributed by atoms with E-state index in [2.05, 4.69) is 15.9 Å². The summed E-state index contributed by atoms with van der Waals surface area (Å²) < 4.78 is 0.691. The molecule has 3 N–H and O–H groups in total. The van der Waals surface area contributed by atoms with Crippen molar-refractivity contribution < 1.29 is 5.21 Å². The standard InChI is InChI=1S/C6H6BrN2O2/c7-4-1-2-5(8)6(3-4)9(10)11/h1-3,10H,8H2/q-1. The first-order chi connectivity index (χ1) is 5.11. The molecule has 0 aliphatic heterocycles. The average molecular weight is 218 g/mol. The van der Waals surface area contributed by atoms with E-state index in [4.69, 9.17) is 10.9 Å². The maximum atomic E-state index is 10.4. The molecule has 0 saturated carbocycles. The molecule has 0 radical (unpaired) electrons. The molecule has 0 heterocycles. The zero-order valence-corrected chi connectivity index (χ0v) is 7.08. The summed E-state index contributed by atoms with van der Waals surface area (Å²) in [6.07, 6.45) is 0. The van der Waals surface area contributed by atoms with Gasteiger partial charge in [0.05, 0.1) is 11.4 Å². The third kappa shape index (κ3) is 1.83. The van der Waals surface area contributed by atoms with Gasteiger partial charge < -0.3 is 16.2 Å². The van der Waals surface area contributed by atoms with Crippen LogP contribution in [0.3, 0.4) is 0 Å². The normalized spacial score (nSPS) is 9.73. The number of benzene rings is 1. The second-order valence-corrected chi connectivity index (χ2v) is 2.89.